The van der Waals surface area contributed by atoms with E-state index in [1.165, 1.54) is 44.3 Å². The van der Waals surface area contributed by atoms with Crippen molar-refractivity contribution >= 4 is 11.5 Å². The molecular formula is C26H40N4O3. The fourth-order valence-corrected chi connectivity index (χ4v) is 5.93. The smallest absolute Gasteiger partial charge is 0.231 e. The van der Waals surface area contributed by atoms with E-state index in [-0.39, 0.29) is 5.92 Å². The third-order valence-corrected chi connectivity index (χ3v) is 8.43. The second-order valence-corrected chi connectivity index (χ2v) is 10.9. The predicted octanol–water partition coefficient (Wildman–Crippen LogP) is 3.25. The van der Waals surface area contributed by atoms with Gasteiger partial charge in [-0.2, -0.15) is 0 Å². The van der Waals surface area contributed by atoms with Crippen molar-refractivity contribution in [3.63, 3.8) is 0 Å². The largest absolute Gasteiger partial charge is 0.454 e. The number of rotatable bonds is 7. The predicted molar refractivity (Wildman–Crippen MR) is 131 cm³/mol. The third-order valence-electron chi connectivity index (χ3n) is 8.43. The summed E-state index contributed by atoms with van der Waals surface area (Å²) in [7, 11) is 0. The van der Waals surface area contributed by atoms with Crippen LogP contribution in [0, 0.1) is 17.3 Å². The van der Waals surface area contributed by atoms with Crippen LogP contribution in [-0.2, 0) is 0 Å². The van der Waals surface area contributed by atoms with E-state index in [1.807, 2.05) is 19.9 Å². The molecule has 1 spiro atoms. The molecule has 3 fully saturated rings. The molecule has 0 bridgehead atoms. The van der Waals surface area contributed by atoms with E-state index in [2.05, 4.69) is 21.9 Å². The molecule has 2 atom stereocenters. The summed E-state index contributed by atoms with van der Waals surface area (Å²) in [5, 5.41) is 10.1. The van der Waals surface area contributed by atoms with Gasteiger partial charge in [-0.1, -0.05) is 19.9 Å². The van der Waals surface area contributed by atoms with Gasteiger partial charge in [-0.3, -0.25) is 9.89 Å². The van der Waals surface area contributed by atoms with Gasteiger partial charge in [0.25, 0.3) is 0 Å². The maximum Gasteiger partial charge on any atom is 0.231 e. The zero-order valence-corrected chi connectivity index (χ0v) is 20.2. The number of aliphatic hydroxyl groups is 1. The van der Waals surface area contributed by atoms with Gasteiger partial charge in [-0.15, -0.1) is 0 Å². The lowest BCUT2D eigenvalue weighted by Crippen LogP contribution is -2.47. The number of nitrogens with zero attached hydrogens (tertiary/aromatic N) is 3. The number of hydrogen-bond donors (Lipinski definition) is 2. The van der Waals surface area contributed by atoms with E-state index in [0.717, 1.165) is 50.0 Å². The van der Waals surface area contributed by atoms with Crippen LogP contribution in [-0.4, -0.2) is 67.5 Å². The molecule has 3 N–H and O–H groups in total. The average molecular weight is 457 g/mol. The highest BCUT2D eigenvalue weighted by Gasteiger charge is 2.55. The Kier molecular flexibility index (Phi) is 6.45. The molecule has 7 nitrogen and oxygen atoms in total. The van der Waals surface area contributed by atoms with E-state index in [0.29, 0.717) is 24.1 Å². The van der Waals surface area contributed by atoms with Crippen molar-refractivity contribution in [3.05, 3.63) is 18.2 Å². The number of fused-ring (bicyclic) bond motifs is 1. The molecule has 7 heteroatoms. The van der Waals surface area contributed by atoms with Gasteiger partial charge in [0.05, 0.1) is 11.7 Å². The Morgan fingerprint density at radius 2 is 1.94 bits per heavy atom. The lowest BCUT2D eigenvalue weighted by molar-refractivity contribution is 0.173. The van der Waals surface area contributed by atoms with Crippen LogP contribution in [0.2, 0.25) is 0 Å². The highest BCUT2D eigenvalue weighted by Crippen LogP contribution is 2.59. The average Bonchev–Trinajstić information content (AvgIpc) is 3.25. The minimum atomic E-state index is -0.608. The number of anilines is 1. The van der Waals surface area contributed by atoms with Crippen LogP contribution < -0.4 is 20.1 Å². The quantitative estimate of drug-likeness (QED) is 0.484. The summed E-state index contributed by atoms with van der Waals surface area (Å²) in [5.41, 5.74) is 7.61. The van der Waals surface area contributed by atoms with E-state index in [1.54, 1.807) is 0 Å². The minimum absolute atomic E-state index is 0.122. The van der Waals surface area contributed by atoms with Crippen molar-refractivity contribution in [2.24, 2.45) is 28.0 Å². The Hall–Kier alpha value is -1.99. The molecule has 0 radical (unpaired) electrons. The molecule has 33 heavy (non-hydrogen) atoms. The Labute approximate surface area is 197 Å². The molecule has 0 amide bonds. The van der Waals surface area contributed by atoms with Crippen molar-refractivity contribution in [2.75, 3.05) is 44.4 Å². The van der Waals surface area contributed by atoms with Crippen LogP contribution >= 0.6 is 0 Å². The van der Waals surface area contributed by atoms with Crippen LogP contribution in [0.25, 0.3) is 0 Å². The fourth-order valence-electron chi connectivity index (χ4n) is 5.93. The van der Waals surface area contributed by atoms with Crippen molar-refractivity contribution in [2.45, 2.75) is 64.5 Å². The van der Waals surface area contributed by atoms with Gasteiger partial charge in [0, 0.05) is 26.2 Å². The van der Waals surface area contributed by atoms with E-state index < -0.39 is 6.10 Å². The molecule has 182 valence electrons. The summed E-state index contributed by atoms with van der Waals surface area (Å²) in [6, 6.07) is 6.53. The molecule has 1 saturated heterocycles. The molecule has 4 aliphatic rings. The molecular weight excluding hydrogens is 416 g/mol. The molecule has 1 aromatic carbocycles. The minimum Gasteiger partial charge on any atom is -0.454 e. The molecule has 1 unspecified atom stereocenters. The summed E-state index contributed by atoms with van der Waals surface area (Å²) >= 11 is 0. The highest BCUT2D eigenvalue weighted by atomic mass is 16.7. The molecule has 5 rings (SSSR count). The van der Waals surface area contributed by atoms with Crippen molar-refractivity contribution < 1.29 is 14.6 Å². The van der Waals surface area contributed by atoms with Gasteiger partial charge in [-0.25, -0.2) is 0 Å². The molecule has 0 aromatic heterocycles. The maximum absolute atomic E-state index is 10.1. The summed E-state index contributed by atoms with van der Waals surface area (Å²) < 4.78 is 11.2. The molecule has 2 aliphatic carbocycles. The van der Waals surface area contributed by atoms with Gasteiger partial charge in [0.1, 0.15) is 11.9 Å². The number of amidine groups is 1. The topological polar surface area (TPSA) is 83.6 Å². The highest BCUT2D eigenvalue weighted by molar-refractivity contribution is 5.85. The van der Waals surface area contributed by atoms with Gasteiger partial charge < -0.3 is 25.2 Å². The Morgan fingerprint density at radius 1 is 1.18 bits per heavy atom. The molecule has 1 aromatic rings. The van der Waals surface area contributed by atoms with Crippen LogP contribution in [0.1, 0.15) is 52.4 Å². The summed E-state index contributed by atoms with van der Waals surface area (Å²) in [5.74, 6) is 3.17. The fraction of sp³-hybridized carbons (Fsp3) is 0.731. The first kappa shape index (κ1) is 22.8. The maximum atomic E-state index is 10.1. The second kappa shape index (κ2) is 9.34. The number of benzene rings is 1. The van der Waals surface area contributed by atoms with Gasteiger partial charge >= 0.3 is 0 Å². The van der Waals surface area contributed by atoms with Gasteiger partial charge in [-0.05, 0) is 74.5 Å². The van der Waals surface area contributed by atoms with E-state index in [9.17, 15) is 5.11 Å². The lowest BCUT2D eigenvalue weighted by atomic mass is 9.78. The van der Waals surface area contributed by atoms with Crippen LogP contribution in [0.4, 0.5) is 5.69 Å². The summed E-state index contributed by atoms with van der Waals surface area (Å²) in [6.45, 7) is 9.79. The first-order valence-corrected chi connectivity index (χ1v) is 12.8. The van der Waals surface area contributed by atoms with Crippen LogP contribution in [0.5, 0.6) is 11.5 Å². The Morgan fingerprint density at radius 3 is 2.67 bits per heavy atom. The van der Waals surface area contributed by atoms with Crippen LogP contribution in [0.3, 0.4) is 0 Å². The first-order chi connectivity index (χ1) is 15.9. The number of aliphatic hydroxyl groups excluding tert-OH is 1. The second-order valence-electron chi connectivity index (χ2n) is 10.9. The molecule has 2 heterocycles. The monoisotopic (exact) mass is 456 g/mol. The normalized spacial score (nSPS) is 30.8. The summed E-state index contributed by atoms with van der Waals surface area (Å²) in [6.07, 6.45) is 7.01. The number of aliphatic imine (C=N–C) groups is 1. The Bertz CT molecular complexity index is 857. The third kappa shape index (κ3) is 4.80. The number of ether oxygens (including phenoxy) is 2. The van der Waals surface area contributed by atoms with E-state index in [4.69, 9.17) is 20.2 Å². The summed E-state index contributed by atoms with van der Waals surface area (Å²) in [4.78, 5) is 9.76. The van der Waals surface area contributed by atoms with E-state index >= 15 is 0 Å². The zero-order chi connectivity index (χ0) is 23.0. The SMILES string of the molecule is CC(C)[C@@H](O)C(N)=NC1CC12CCC(CCN1CCN(c3cccc4c3OCO4)CC1)CC2. The Balaban J connectivity index is 1.04. The van der Waals surface area contributed by atoms with Crippen molar-refractivity contribution in [1.29, 1.82) is 0 Å². The van der Waals surface area contributed by atoms with Crippen LogP contribution in [0.15, 0.2) is 23.2 Å². The number of hydrogen-bond acceptors (Lipinski definition) is 6. The van der Waals surface area contributed by atoms with Gasteiger partial charge in [0.2, 0.25) is 6.79 Å². The molecule has 2 aliphatic heterocycles. The zero-order valence-electron chi connectivity index (χ0n) is 20.2. The number of para-hydroxylation sites is 1. The number of piperazine rings is 1. The van der Waals surface area contributed by atoms with Crippen molar-refractivity contribution in [3.8, 4) is 11.5 Å². The van der Waals surface area contributed by atoms with Gasteiger partial charge in [0.15, 0.2) is 11.5 Å². The first-order valence-electron chi connectivity index (χ1n) is 12.8. The molecule has 2 saturated carbocycles. The standard InChI is InChI=1S/C26H40N4O3/c1-18(2)23(31)25(27)28-22-16-26(22)9-6-19(7-10-26)8-11-29-12-14-30(15-13-29)20-4-3-5-21-24(20)33-17-32-21/h3-5,18-19,22-23,31H,6-17H2,1-2H3,(H2,27,28)/t19?,22?,23-,26?/m1/s1. The number of nitrogens with two attached hydrogens (primary N) is 1. The lowest BCUT2D eigenvalue weighted by Gasteiger charge is -2.37. The van der Waals surface area contributed by atoms with Crippen molar-refractivity contribution in [1.82, 2.24) is 4.90 Å².